The molecule has 0 amide bonds. The van der Waals surface area contributed by atoms with E-state index in [0.29, 0.717) is 0 Å². The maximum atomic E-state index is 2.42. The van der Waals surface area contributed by atoms with Crippen LogP contribution in [0.1, 0.15) is 23.1 Å². The summed E-state index contributed by atoms with van der Waals surface area (Å²) in [5, 5.41) is 2.81. The Kier molecular flexibility index (Phi) is 1.88. The lowest BCUT2D eigenvalue weighted by atomic mass is 9.86. The lowest BCUT2D eigenvalue weighted by Crippen LogP contribution is -1.99. The van der Waals surface area contributed by atoms with Crippen molar-refractivity contribution in [2.24, 2.45) is 0 Å². The van der Waals surface area contributed by atoms with Crippen molar-refractivity contribution in [1.82, 2.24) is 0 Å². The molecule has 94 valence electrons. The van der Waals surface area contributed by atoms with Gasteiger partial charge in [0.2, 0.25) is 0 Å². The number of fused-ring (bicyclic) bond motifs is 5. The summed E-state index contributed by atoms with van der Waals surface area (Å²) in [6, 6.07) is 20.0. The number of benzene rings is 3. The maximum absolute atomic E-state index is 2.42. The third kappa shape index (κ3) is 1.17. The predicted molar refractivity (Wildman–Crippen MR) is 84.8 cm³/mol. The molecule has 0 fully saturated rings. The minimum absolute atomic E-state index is 1.16. The Hall–Kier alpha value is -2.34. The molecule has 0 spiro atoms. The smallest absolute Gasteiger partial charge is 0.00635 e. The van der Waals surface area contributed by atoms with Gasteiger partial charge in [-0.05, 0) is 63.1 Å². The molecule has 0 radical (unpaired) electrons. The third-order valence-electron chi connectivity index (χ3n) is 4.68. The van der Waals surface area contributed by atoms with Crippen LogP contribution in [0.25, 0.3) is 27.5 Å². The van der Waals surface area contributed by atoms with Gasteiger partial charge < -0.3 is 0 Å². The van der Waals surface area contributed by atoms with Gasteiger partial charge in [0, 0.05) is 0 Å². The minimum atomic E-state index is 1.16. The first-order valence-electron chi connectivity index (χ1n) is 7.28. The van der Waals surface area contributed by atoms with E-state index < -0.39 is 0 Å². The van der Waals surface area contributed by atoms with Crippen LogP contribution >= 0.6 is 0 Å². The summed E-state index contributed by atoms with van der Waals surface area (Å²) in [6.45, 7) is 0. The monoisotopic (exact) mass is 254 g/mol. The van der Waals surface area contributed by atoms with E-state index in [2.05, 4.69) is 60.7 Å². The summed E-state index contributed by atoms with van der Waals surface area (Å²) >= 11 is 0. The minimum Gasteiger partial charge on any atom is -0.0757 e. The van der Waals surface area contributed by atoms with Crippen molar-refractivity contribution in [2.75, 3.05) is 0 Å². The molecule has 3 aromatic carbocycles. The highest BCUT2D eigenvalue weighted by atomic mass is 14.3. The number of rotatable bonds is 0. The lowest BCUT2D eigenvalue weighted by Gasteiger charge is -2.17. The highest BCUT2D eigenvalue weighted by Crippen LogP contribution is 2.49. The van der Waals surface area contributed by atoms with Crippen molar-refractivity contribution in [3.63, 3.8) is 0 Å². The molecular formula is C20H14. The van der Waals surface area contributed by atoms with Gasteiger partial charge in [-0.1, -0.05) is 54.6 Å². The quantitative estimate of drug-likeness (QED) is 0.404. The summed E-state index contributed by atoms with van der Waals surface area (Å²) in [7, 11) is 0. The molecule has 0 saturated carbocycles. The lowest BCUT2D eigenvalue weighted by molar-refractivity contribution is 0.993. The molecule has 0 N–H and O–H groups in total. The zero-order chi connectivity index (χ0) is 13.1. The Morgan fingerprint density at radius 1 is 0.750 bits per heavy atom. The molecule has 0 atom stereocenters. The number of allylic oxidation sites excluding steroid dienone is 1. The molecule has 3 aromatic rings. The fourth-order valence-electron chi connectivity index (χ4n) is 3.86. The summed E-state index contributed by atoms with van der Waals surface area (Å²) in [5.74, 6) is 0. The zero-order valence-corrected chi connectivity index (χ0v) is 11.2. The Morgan fingerprint density at radius 2 is 1.55 bits per heavy atom. The van der Waals surface area contributed by atoms with Crippen molar-refractivity contribution in [1.29, 1.82) is 0 Å². The van der Waals surface area contributed by atoms with Gasteiger partial charge in [-0.3, -0.25) is 0 Å². The van der Waals surface area contributed by atoms with Gasteiger partial charge >= 0.3 is 0 Å². The summed E-state index contributed by atoms with van der Waals surface area (Å²) in [5.41, 5.74) is 8.76. The van der Waals surface area contributed by atoms with Crippen LogP contribution in [0.2, 0.25) is 0 Å². The first-order valence-corrected chi connectivity index (χ1v) is 7.28. The molecule has 0 aromatic heterocycles. The van der Waals surface area contributed by atoms with Crippen molar-refractivity contribution in [2.45, 2.75) is 12.8 Å². The normalized spacial score (nSPS) is 14.9. The van der Waals surface area contributed by atoms with E-state index in [0.717, 1.165) is 6.42 Å². The van der Waals surface area contributed by atoms with E-state index in [4.69, 9.17) is 0 Å². The molecule has 0 heteroatoms. The largest absolute Gasteiger partial charge is 0.0757 e. The van der Waals surface area contributed by atoms with Gasteiger partial charge in [-0.25, -0.2) is 0 Å². The number of hydrogen-bond acceptors (Lipinski definition) is 0. The second kappa shape index (κ2) is 3.61. The molecule has 5 rings (SSSR count). The molecule has 0 nitrogen and oxygen atoms in total. The molecule has 0 aliphatic heterocycles. The van der Waals surface area contributed by atoms with Crippen LogP contribution in [0, 0.1) is 0 Å². The summed E-state index contributed by atoms with van der Waals surface area (Å²) in [6.07, 6.45) is 4.75. The molecule has 0 bridgehead atoms. The summed E-state index contributed by atoms with van der Waals surface area (Å²) in [4.78, 5) is 0. The second-order valence-electron chi connectivity index (χ2n) is 5.70. The van der Waals surface area contributed by atoms with E-state index >= 15 is 0 Å². The standard InChI is InChI=1S/C20H14/c1-2-7-14-13(6-1)12-19-16-9-4-3-8-15(16)18-11-5-10-17(14)20(18)19/h1-4,6-9,11-12H,5,10H2. The van der Waals surface area contributed by atoms with Crippen LogP contribution in [0.4, 0.5) is 0 Å². The number of aryl methyl sites for hydroxylation is 1. The van der Waals surface area contributed by atoms with E-state index in [1.165, 1.54) is 45.0 Å². The predicted octanol–water partition coefficient (Wildman–Crippen LogP) is 5.20. The Morgan fingerprint density at radius 3 is 2.50 bits per heavy atom. The van der Waals surface area contributed by atoms with Gasteiger partial charge in [-0.15, -0.1) is 0 Å². The van der Waals surface area contributed by atoms with E-state index in [9.17, 15) is 0 Å². The Labute approximate surface area is 118 Å². The van der Waals surface area contributed by atoms with Gasteiger partial charge in [-0.2, -0.15) is 0 Å². The highest BCUT2D eigenvalue weighted by Gasteiger charge is 2.28. The van der Waals surface area contributed by atoms with Crippen LogP contribution in [0.5, 0.6) is 0 Å². The average Bonchev–Trinajstić information content (AvgIpc) is 2.84. The first kappa shape index (κ1) is 10.4. The fraction of sp³-hybridized carbons (Fsp3) is 0.100. The van der Waals surface area contributed by atoms with Crippen molar-refractivity contribution in [3.8, 4) is 11.1 Å². The van der Waals surface area contributed by atoms with Crippen molar-refractivity contribution in [3.05, 3.63) is 77.4 Å². The topological polar surface area (TPSA) is 0 Å². The molecular weight excluding hydrogens is 240 g/mol. The van der Waals surface area contributed by atoms with Crippen molar-refractivity contribution >= 4 is 16.3 Å². The van der Waals surface area contributed by atoms with Crippen LogP contribution in [-0.4, -0.2) is 0 Å². The first-order chi connectivity index (χ1) is 9.93. The number of hydrogen-bond donors (Lipinski definition) is 0. The molecule has 20 heavy (non-hydrogen) atoms. The molecule has 2 aliphatic rings. The third-order valence-corrected chi connectivity index (χ3v) is 4.68. The molecule has 0 saturated heterocycles. The molecule has 0 heterocycles. The zero-order valence-electron chi connectivity index (χ0n) is 11.2. The van der Waals surface area contributed by atoms with Crippen LogP contribution < -0.4 is 0 Å². The molecule has 2 aliphatic carbocycles. The SMILES string of the molecule is C1=C2c3ccccc3-c3cc4ccccc4c(c32)CC1. The van der Waals surface area contributed by atoms with E-state index in [-0.39, 0.29) is 0 Å². The van der Waals surface area contributed by atoms with Gasteiger partial charge in [0.1, 0.15) is 0 Å². The van der Waals surface area contributed by atoms with Gasteiger partial charge in [0.25, 0.3) is 0 Å². The van der Waals surface area contributed by atoms with Gasteiger partial charge in [0.05, 0.1) is 0 Å². The van der Waals surface area contributed by atoms with Crippen LogP contribution in [0.15, 0.2) is 60.7 Å². The second-order valence-corrected chi connectivity index (χ2v) is 5.70. The maximum Gasteiger partial charge on any atom is -0.00635 e. The highest BCUT2D eigenvalue weighted by molar-refractivity contribution is 6.08. The van der Waals surface area contributed by atoms with E-state index in [1.54, 1.807) is 5.56 Å². The van der Waals surface area contributed by atoms with Gasteiger partial charge in [0.15, 0.2) is 0 Å². The van der Waals surface area contributed by atoms with Crippen LogP contribution in [0.3, 0.4) is 0 Å². The van der Waals surface area contributed by atoms with E-state index in [1.807, 2.05) is 0 Å². The Balaban J connectivity index is 2.02. The Bertz CT molecular complexity index is 897. The van der Waals surface area contributed by atoms with Crippen LogP contribution in [-0.2, 0) is 6.42 Å². The average molecular weight is 254 g/mol. The van der Waals surface area contributed by atoms with Crippen molar-refractivity contribution < 1.29 is 0 Å². The molecule has 0 unspecified atom stereocenters. The summed E-state index contributed by atoms with van der Waals surface area (Å²) < 4.78 is 0. The fourth-order valence-corrected chi connectivity index (χ4v) is 3.86.